The molecule has 1 amide bonds. The van der Waals surface area contributed by atoms with Gasteiger partial charge in [-0.05, 0) is 12.5 Å². The molecule has 0 bridgehead atoms. The molecule has 0 unspecified atom stereocenters. The normalized spacial score (nSPS) is 10.2. The zero-order valence-corrected chi connectivity index (χ0v) is 12.7. The molecule has 0 radical (unpaired) electrons. The van der Waals surface area contributed by atoms with Crippen LogP contribution in [0.4, 0.5) is 0 Å². The minimum Gasteiger partial charge on any atom is -0.497 e. The van der Waals surface area contributed by atoms with Crippen molar-refractivity contribution in [3.63, 3.8) is 0 Å². The SMILES string of the molecule is CCCCCCNC(=O)Cc1ccc(OC)cc1OC. The van der Waals surface area contributed by atoms with Crippen LogP contribution in [0.3, 0.4) is 0 Å². The smallest absolute Gasteiger partial charge is 0.224 e. The van der Waals surface area contributed by atoms with E-state index in [0.29, 0.717) is 12.2 Å². The van der Waals surface area contributed by atoms with Crippen molar-refractivity contribution in [3.05, 3.63) is 23.8 Å². The summed E-state index contributed by atoms with van der Waals surface area (Å²) in [5.41, 5.74) is 0.874. The van der Waals surface area contributed by atoms with Gasteiger partial charge in [0.15, 0.2) is 0 Å². The van der Waals surface area contributed by atoms with Crippen LogP contribution in [0, 0.1) is 0 Å². The first-order valence-corrected chi connectivity index (χ1v) is 7.18. The second-order valence-corrected chi connectivity index (χ2v) is 4.77. The quantitative estimate of drug-likeness (QED) is 0.707. The standard InChI is InChI=1S/C16H25NO3/c1-4-5-6-7-10-17-16(18)11-13-8-9-14(19-2)12-15(13)20-3/h8-9,12H,4-7,10-11H2,1-3H3,(H,17,18). The number of hydrogen-bond donors (Lipinski definition) is 1. The molecule has 20 heavy (non-hydrogen) atoms. The lowest BCUT2D eigenvalue weighted by molar-refractivity contribution is -0.120. The van der Waals surface area contributed by atoms with E-state index in [1.807, 2.05) is 12.1 Å². The molecule has 0 saturated heterocycles. The molecular weight excluding hydrogens is 254 g/mol. The maximum absolute atomic E-state index is 11.9. The topological polar surface area (TPSA) is 47.6 Å². The number of amides is 1. The van der Waals surface area contributed by atoms with Gasteiger partial charge in [-0.25, -0.2) is 0 Å². The molecule has 0 aliphatic carbocycles. The maximum Gasteiger partial charge on any atom is 0.224 e. The van der Waals surface area contributed by atoms with E-state index >= 15 is 0 Å². The minimum atomic E-state index is 0.0324. The lowest BCUT2D eigenvalue weighted by Gasteiger charge is -2.10. The molecule has 0 fully saturated rings. The highest BCUT2D eigenvalue weighted by Gasteiger charge is 2.09. The van der Waals surface area contributed by atoms with Gasteiger partial charge in [-0.2, -0.15) is 0 Å². The highest BCUT2D eigenvalue weighted by Crippen LogP contribution is 2.24. The molecule has 0 aromatic heterocycles. The van der Waals surface area contributed by atoms with Crippen LogP contribution >= 0.6 is 0 Å². The number of hydrogen-bond acceptors (Lipinski definition) is 3. The first kappa shape index (κ1) is 16.3. The van der Waals surface area contributed by atoms with Crippen LogP contribution in [0.1, 0.15) is 38.2 Å². The third kappa shape index (κ3) is 5.51. The molecule has 1 N–H and O–H groups in total. The Morgan fingerprint density at radius 3 is 2.60 bits per heavy atom. The first-order valence-electron chi connectivity index (χ1n) is 7.18. The van der Waals surface area contributed by atoms with E-state index in [1.165, 1.54) is 19.3 Å². The third-order valence-corrected chi connectivity index (χ3v) is 3.20. The fourth-order valence-corrected chi connectivity index (χ4v) is 2.01. The molecule has 0 heterocycles. The highest BCUT2D eigenvalue weighted by atomic mass is 16.5. The Morgan fingerprint density at radius 1 is 1.15 bits per heavy atom. The summed E-state index contributed by atoms with van der Waals surface area (Å²) in [6.07, 6.45) is 4.97. The summed E-state index contributed by atoms with van der Waals surface area (Å²) < 4.78 is 10.4. The molecule has 4 heteroatoms. The molecule has 1 aromatic carbocycles. The van der Waals surface area contributed by atoms with E-state index < -0.39 is 0 Å². The van der Waals surface area contributed by atoms with E-state index in [4.69, 9.17) is 9.47 Å². The average molecular weight is 279 g/mol. The molecule has 0 aliphatic heterocycles. The van der Waals surface area contributed by atoms with Gasteiger partial charge in [0.05, 0.1) is 20.6 Å². The number of carbonyl (C=O) groups excluding carboxylic acids is 1. The van der Waals surface area contributed by atoms with Crippen LogP contribution in [-0.4, -0.2) is 26.7 Å². The van der Waals surface area contributed by atoms with E-state index in [1.54, 1.807) is 20.3 Å². The van der Waals surface area contributed by atoms with Gasteiger partial charge in [-0.15, -0.1) is 0 Å². The van der Waals surface area contributed by atoms with Crippen LogP contribution in [-0.2, 0) is 11.2 Å². The fourth-order valence-electron chi connectivity index (χ4n) is 2.01. The maximum atomic E-state index is 11.9. The molecule has 0 saturated carbocycles. The summed E-state index contributed by atoms with van der Waals surface area (Å²) >= 11 is 0. The van der Waals surface area contributed by atoms with Crippen molar-refractivity contribution in [1.29, 1.82) is 0 Å². The van der Waals surface area contributed by atoms with E-state index in [2.05, 4.69) is 12.2 Å². The lowest BCUT2D eigenvalue weighted by atomic mass is 10.1. The molecule has 112 valence electrons. The van der Waals surface area contributed by atoms with Gasteiger partial charge >= 0.3 is 0 Å². The average Bonchev–Trinajstić information content (AvgIpc) is 2.47. The molecular formula is C16H25NO3. The van der Waals surface area contributed by atoms with E-state index in [9.17, 15) is 4.79 Å². The van der Waals surface area contributed by atoms with Crippen molar-refractivity contribution < 1.29 is 14.3 Å². The number of nitrogens with one attached hydrogen (secondary N) is 1. The van der Waals surface area contributed by atoms with Gasteiger partial charge in [-0.1, -0.05) is 32.3 Å². The van der Waals surface area contributed by atoms with Crippen molar-refractivity contribution in [3.8, 4) is 11.5 Å². The van der Waals surface area contributed by atoms with Crippen LogP contribution in [0.5, 0.6) is 11.5 Å². The Bertz CT molecular complexity index is 418. The molecule has 0 atom stereocenters. The molecule has 1 aromatic rings. The summed E-state index contributed by atoms with van der Waals surface area (Å²) in [6.45, 7) is 2.92. The van der Waals surface area contributed by atoms with Crippen molar-refractivity contribution in [2.24, 2.45) is 0 Å². The van der Waals surface area contributed by atoms with Crippen LogP contribution in [0.25, 0.3) is 0 Å². The number of ether oxygens (including phenoxy) is 2. The largest absolute Gasteiger partial charge is 0.497 e. The van der Waals surface area contributed by atoms with E-state index in [0.717, 1.165) is 24.3 Å². The Kier molecular flexibility index (Phi) is 7.55. The second-order valence-electron chi connectivity index (χ2n) is 4.77. The van der Waals surface area contributed by atoms with Crippen molar-refractivity contribution >= 4 is 5.91 Å². The van der Waals surface area contributed by atoms with Crippen LogP contribution < -0.4 is 14.8 Å². The Morgan fingerprint density at radius 2 is 1.95 bits per heavy atom. The third-order valence-electron chi connectivity index (χ3n) is 3.20. The van der Waals surface area contributed by atoms with E-state index in [-0.39, 0.29) is 5.91 Å². The predicted octanol–water partition coefficient (Wildman–Crippen LogP) is 2.94. The van der Waals surface area contributed by atoms with Crippen molar-refractivity contribution in [2.45, 2.75) is 39.0 Å². The predicted molar refractivity (Wildman–Crippen MR) is 80.4 cm³/mol. The van der Waals surface area contributed by atoms with Gasteiger partial charge in [0.25, 0.3) is 0 Å². The van der Waals surface area contributed by atoms with Gasteiger partial charge in [0.2, 0.25) is 5.91 Å². The number of methoxy groups -OCH3 is 2. The van der Waals surface area contributed by atoms with Gasteiger partial charge in [0.1, 0.15) is 11.5 Å². The van der Waals surface area contributed by atoms with Crippen molar-refractivity contribution in [1.82, 2.24) is 5.32 Å². The van der Waals surface area contributed by atoms with Gasteiger partial charge in [-0.3, -0.25) is 4.79 Å². The highest BCUT2D eigenvalue weighted by molar-refractivity contribution is 5.79. The van der Waals surface area contributed by atoms with Crippen LogP contribution in [0.2, 0.25) is 0 Å². The number of unbranched alkanes of at least 4 members (excludes halogenated alkanes) is 3. The lowest BCUT2D eigenvalue weighted by Crippen LogP contribution is -2.26. The molecule has 0 spiro atoms. The zero-order valence-electron chi connectivity index (χ0n) is 12.7. The Balaban J connectivity index is 2.45. The summed E-state index contributed by atoms with van der Waals surface area (Å²) in [4.78, 5) is 11.9. The zero-order chi connectivity index (χ0) is 14.8. The molecule has 4 nitrogen and oxygen atoms in total. The molecule has 1 rings (SSSR count). The number of rotatable bonds is 9. The Hall–Kier alpha value is -1.71. The van der Waals surface area contributed by atoms with Gasteiger partial charge in [0, 0.05) is 18.2 Å². The Labute approximate surface area is 121 Å². The summed E-state index contributed by atoms with van der Waals surface area (Å²) in [5.74, 6) is 1.45. The summed E-state index contributed by atoms with van der Waals surface area (Å²) in [6, 6.07) is 5.50. The minimum absolute atomic E-state index is 0.0324. The van der Waals surface area contributed by atoms with Crippen LogP contribution in [0.15, 0.2) is 18.2 Å². The van der Waals surface area contributed by atoms with Gasteiger partial charge < -0.3 is 14.8 Å². The fraction of sp³-hybridized carbons (Fsp3) is 0.562. The second kappa shape index (κ2) is 9.23. The molecule has 0 aliphatic rings. The first-order chi connectivity index (χ1) is 9.71. The summed E-state index contributed by atoms with van der Waals surface area (Å²) in [5, 5.41) is 2.94. The number of benzene rings is 1. The number of carbonyl (C=O) groups is 1. The monoisotopic (exact) mass is 279 g/mol. The van der Waals surface area contributed by atoms with Crippen molar-refractivity contribution in [2.75, 3.05) is 20.8 Å². The summed E-state index contributed by atoms with van der Waals surface area (Å²) in [7, 11) is 3.21.